The van der Waals surface area contributed by atoms with Crippen LogP contribution in [0.5, 0.6) is 0 Å². The van der Waals surface area contributed by atoms with Crippen LogP contribution in [0, 0.1) is 0 Å². The van der Waals surface area contributed by atoms with Crippen LogP contribution in [0.2, 0.25) is 10.0 Å². The van der Waals surface area contributed by atoms with E-state index in [2.05, 4.69) is 26.1 Å². The number of benzene rings is 3. The van der Waals surface area contributed by atoms with Gasteiger partial charge in [0.05, 0.1) is 26.7 Å². The van der Waals surface area contributed by atoms with Crippen LogP contribution in [-0.2, 0) is 20.2 Å². The Morgan fingerprint density at radius 1 is 0.941 bits per heavy atom. The number of hydrogen-bond donors (Lipinski definition) is 1. The molecule has 0 saturated heterocycles. The zero-order chi connectivity index (χ0) is 25.1. The molecule has 0 bridgehead atoms. The molecule has 8 heteroatoms. The first-order chi connectivity index (χ1) is 15.9. The van der Waals surface area contributed by atoms with Gasteiger partial charge in [0.2, 0.25) is 5.91 Å². The van der Waals surface area contributed by atoms with Crippen LogP contribution in [0.3, 0.4) is 0 Å². The number of anilines is 1. The maximum atomic E-state index is 13.5. The summed E-state index contributed by atoms with van der Waals surface area (Å²) in [5.74, 6) is -0.469. The number of carbonyl (C=O) groups excluding carboxylic acids is 1. The molecular weight excluding hydrogens is 491 g/mol. The Labute approximate surface area is 211 Å². The van der Waals surface area contributed by atoms with Crippen molar-refractivity contribution < 1.29 is 13.2 Å². The number of carbonyl (C=O) groups is 1. The van der Waals surface area contributed by atoms with Crippen molar-refractivity contribution in [2.24, 2.45) is 0 Å². The first-order valence-corrected chi connectivity index (χ1v) is 13.0. The highest BCUT2D eigenvalue weighted by Crippen LogP contribution is 2.35. The molecule has 0 aliphatic carbocycles. The molecule has 180 valence electrons. The standard InChI is InChI=1S/C26H28Cl2N2O3S/c1-18(19-13-15-20(16-14-19)26(2,3)4)29-24(31)17-30(23-12-8-11-22(27)25(23)28)34(32,33)21-9-6-5-7-10-21/h5-16,18H,17H2,1-4H3,(H,29,31). The minimum atomic E-state index is -4.08. The first-order valence-electron chi connectivity index (χ1n) is 10.8. The maximum absolute atomic E-state index is 13.5. The number of amides is 1. The van der Waals surface area contributed by atoms with Gasteiger partial charge < -0.3 is 5.32 Å². The lowest BCUT2D eigenvalue weighted by Crippen LogP contribution is -2.41. The quantitative estimate of drug-likeness (QED) is 0.395. The Bertz CT molecular complexity index is 1260. The van der Waals surface area contributed by atoms with Crippen molar-refractivity contribution in [3.8, 4) is 0 Å². The topological polar surface area (TPSA) is 66.5 Å². The molecule has 0 fully saturated rings. The van der Waals surface area contributed by atoms with Crippen molar-refractivity contribution in [3.63, 3.8) is 0 Å². The third-order valence-corrected chi connectivity index (χ3v) is 8.06. The van der Waals surface area contributed by atoms with Gasteiger partial charge in [-0.2, -0.15) is 0 Å². The van der Waals surface area contributed by atoms with E-state index in [0.717, 1.165) is 9.87 Å². The fourth-order valence-electron chi connectivity index (χ4n) is 3.48. The Kier molecular flexibility index (Phi) is 7.96. The summed E-state index contributed by atoms with van der Waals surface area (Å²) >= 11 is 12.5. The van der Waals surface area contributed by atoms with Crippen LogP contribution in [0.4, 0.5) is 5.69 Å². The van der Waals surface area contributed by atoms with Crippen molar-refractivity contribution >= 4 is 44.8 Å². The Morgan fingerprint density at radius 2 is 1.56 bits per heavy atom. The lowest BCUT2D eigenvalue weighted by Gasteiger charge is -2.26. The Hall–Kier alpha value is -2.54. The van der Waals surface area contributed by atoms with E-state index in [4.69, 9.17) is 23.2 Å². The number of halogens is 2. The van der Waals surface area contributed by atoms with Crippen LogP contribution >= 0.6 is 23.2 Å². The average Bonchev–Trinajstić information content (AvgIpc) is 2.79. The lowest BCUT2D eigenvalue weighted by molar-refractivity contribution is -0.120. The molecule has 1 amide bonds. The second kappa shape index (κ2) is 10.4. The highest BCUT2D eigenvalue weighted by Gasteiger charge is 2.29. The van der Waals surface area contributed by atoms with E-state index in [1.807, 2.05) is 31.2 Å². The fraction of sp³-hybridized carbons (Fsp3) is 0.269. The van der Waals surface area contributed by atoms with Crippen molar-refractivity contribution in [2.45, 2.75) is 44.0 Å². The largest absolute Gasteiger partial charge is 0.348 e. The molecule has 0 heterocycles. The minimum Gasteiger partial charge on any atom is -0.348 e. The molecule has 1 atom stereocenters. The minimum absolute atomic E-state index is 0.0214. The number of nitrogens with one attached hydrogen (secondary N) is 1. The SMILES string of the molecule is CC(NC(=O)CN(c1cccc(Cl)c1Cl)S(=O)(=O)c1ccccc1)c1ccc(C(C)(C)C)cc1. The highest BCUT2D eigenvalue weighted by molar-refractivity contribution is 7.92. The van der Waals surface area contributed by atoms with Gasteiger partial charge in [-0.15, -0.1) is 0 Å². The summed E-state index contributed by atoms with van der Waals surface area (Å²) in [4.78, 5) is 13.1. The van der Waals surface area contributed by atoms with E-state index in [1.54, 1.807) is 30.3 Å². The van der Waals surface area contributed by atoms with Gasteiger partial charge in [0, 0.05) is 0 Å². The molecule has 0 aliphatic heterocycles. The van der Waals surface area contributed by atoms with Crippen LogP contribution in [0.15, 0.2) is 77.7 Å². The van der Waals surface area contributed by atoms with Gasteiger partial charge in [-0.3, -0.25) is 9.10 Å². The predicted octanol–water partition coefficient (Wildman–Crippen LogP) is 6.36. The third kappa shape index (κ3) is 5.93. The van der Waals surface area contributed by atoms with Crippen LogP contribution in [0.25, 0.3) is 0 Å². The lowest BCUT2D eigenvalue weighted by atomic mass is 9.86. The second-order valence-corrected chi connectivity index (χ2v) is 11.7. The van der Waals surface area contributed by atoms with Crippen molar-refractivity contribution in [1.82, 2.24) is 5.32 Å². The molecule has 0 spiro atoms. The van der Waals surface area contributed by atoms with Crippen molar-refractivity contribution in [1.29, 1.82) is 0 Å². The van der Waals surface area contributed by atoms with Gasteiger partial charge in [-0.05, 0) is 47.7 Å². The number of sulfonamides is 1. The predicted molar refractivity (Wildman–Crippen MR) is 139 cm³/mol. The molecule has 3 rings (SSSR count). The molecule has 1 N–H and O–H groups in total. The smallest absolute Gasteiger partial charge is 0.264 e. The van der Waals surface area contributed by atoms with E-state index < -0.39 is 22.5 Å². The molecule has 3 aromatic rings. The van der Waals surface area contributed by atoms with Crippen molar-refractivity contribution in [3.05, 3.63) is 94.0 Å². The molecule has 34 heavy (non-hydrogen) atoms. The van der Waals surface area contributed by atoms with E-state index in [9.17, 15) is 13.2 Å². The van der Waals surface area contributed by atoms with Gasteiger partial charge in [0.25, 0.3) is 10.0 Å². The first kappa shape index (κ1) is 26.1. The molecule has 3 aromatic carbocycles. The van der Waals surface area contributed by atoms with Gasteiger partial charge in [0.15, 0.2) is 0 Å². The summed E-state index contributed by atoms with van der Waals surface area (Å²) < 4.78 is 27.9. The second-order valence-electron chi connectivity index (χ2n) is 9.06. The van der Waals surface area contributed by atoms with Crippen LogP contribution in [-0.4, -0.2) is 20.9 Å². The molecule has 0 aliphatic rings. The molecule has 0 aromatic heterocycles. The summed E-state index contributed by atoms with van der Waals surface area (Å²) in [6.07, 6.45) is 0. The van der Waals surface area contributed by atoms with Gasteiger partial charge >= 0.3 is 0 Å². The summed E-state index contributed by atoms with van der Waals surface area (Å²) in [6, 6.07) is 20.3. The fourth-order valence-corrected chi connectivity index (χ4v) is 5.38. The van der Waals surface area contributed by atoms with Gasteiger partial charge in [0.1, 0.15) is 6.54 Å². The zero-order valence-corrected chi connectivity index (χ0v) is 21.9. The zero-order valence-electron chi connectivity index (χ0n) is 19.5. The average molecular weight is 519 g/mol. The normalized spacial score (nSPS) is 12.8. The van der Waals surface area contributed by atoms with Crippen LogP contribution < -0.4 is 9.62 Å². The summed E-state index contributed by atoms with van der Waals surface area (Å²) in [5.41, 5.74) is 2.26. The number of hydrogen-bond acceptors (Lipinski definition) is 3. The summed E-state index contributed by atoms with van der Waals surface area (Å²) in [6.45, 7) is 7.80. The van der Waals surface area contributed by atoms with Gasteiger partial charge in [-0.25, -0.2) is 8.42 Å². The van der Waals surface area contributed by atoms with E-state index in [0.29, 0.717) is 0 Å². The van der Waals surface area contributed by atoms with E-state index >= 15 is 0 Å². The molecular formula is C26H28Cl2N2O3S. The number of rotatable bonds is 7. The third-order valence-electron chi connectivity index (χ3n) is 5.47. The number of nitrogens with zero attached hydrogens (tertiary/aromatic N) is 1. The Morgan fingerprint density at radius 3 is 2.15 bits per heavy atom. The monoisotopic (exact) mass is 518 g/mol. The maximum Gasteiger partial charge on any atom is 0.264 e. The molecule has 0 saturated carbocycles. The molecule has 0 radical (unpaired) electrons. The summed E-state index contributed by atoms with van der Waals surface area (Å²) in [5, 5.41) is 3.14. The van der Waals surface area contributed by atoms with Crippen LogP contribution in [0.1, 0.15) is 44.9 Å². The molecule has 5 nitrogen and oxygen atoms in total. The van der Waals surface area contributed by atoms with E-state index in [1.165, 1.54) is 23.8 Å². The highest BCUT2D eigenvalue weighted by atomic mass is 35.5. The summed E-state index contributed by atoms with van der Waals surface area (Å²) in [7, 11) is -4.08. The van der Waals surface area contributed by atoms with Gasteiger partial charge in [-0.1, -0.05) is 92.5 Å². The Balaban J connectivity index is 1.88. The van der Waals surface area contributed by atoms with Crippen molar-refractivity contribution in [2.75, 3.05) is 10.8 Å². The van der Waals surface area contributed by atoms with E-state index in [-0.39, 0.29) is 32.1 Å². The molecule has 1 unspecified atom stereocenters.